The molecule has 0 aromatic carbocycles. The first-order valence-electron chi connectivity index (χ1n) is 12.5. The number of carboxylic acid groups (broad SMARTS) is 3. The van der Waals surface area contributed by atoms with Crippen LogP contribution in [-0.4, -0.2) is 111 Å². The van der Waals surface area contributed by atoms with E-state index in [9.17, 15) is 39.5 Å². The molecule has 2 aliphatic heterocycles. The number of alkyl halides is 9. The maximum atomic E-state index is 10.6. The summed E-state index contributed by atoms with van der Waals surface area (Å²) >= 11 is 0. The number of carboxylic acids is 3. The number of nitrogens with zero attached hydrogens (tertiary/aromatic N) is 3. The van der Waals surface area contributed by atoms with Gasteiger partial charge < -0.3 is 25.0 Å². The average molecular weight is 644 g/mol. The zero-order valence-electron chi connectivity index (χ0n) is 22.5. The summed E-state index contributed by atoms with van der Waals surface area (Å²) in [6.07, 6.45) is -10.8. The second kappa shape index (κ2) is 16.0. The first kappa shape index (κ1) is 37.8. The molecule has 0 radical (unpaired) electrons. The standard InChI is InChI=1S/C18H27N3O.3C2HF3O2/c1-14-3-2-4-16(19-14)13-22-18-9-17-11-20(10-15-5-6-15)7-8-21(17)12-18;3*3-2(4,5)1(6)7/h2-4,15,17-18H,5-13H2,1H3;3*(H,6,7). The second-order valence-corrected chi connectivity index (χ2v) is 9.70. The Labute approximate surface area is 239 Å². The molecule has 43 heavy (non-hydrogen) atoms. The zero-order chi connectivity index (χ0) is 33.2. The van der Waals surface area contributed by atoms with E-state index in [1.165, 1.54) is 45.4 Å². The molecule has 1 aliphatic carbocycles. The maximum absolute atomic E-state index is 10.6. The summed E-state index contributed by atoms with van der Waals surface area (Å²) in [4.78, 5) is 36.5. The third-order valence-electron chi connectivity index (χ3n) is 6.02. The number of piperazine rings is 1. The van der Waals surface area contributed by atoms with Crippen molar-refractivity contribution in [3.05, 3.63) is 29.6 Å². The lowest BCUT2D eigenvalue weighted by molar-refractivity contribution is -0.193. The third kappa shape index (κ3) is 15.7. The normalized spacial score (nSPS) is 20.7. The van der Waals surface area contributed by atoms with Gasteiger partial charge in [-0.05, 0) is 44.2 Å². The monoisotopic (exact) mass is 643 g/mol. The number of carbonyl (C=O) groups is 3. The van der Waals surface area contributed by atoms with Gasteiger partial charge in [0.25, 0.3) is 0 Å². The molecule has 1 aromatic heterocycles. The van der Waals surface area contributed by atoms with Crippen LogP contribution in [0.5, 0.6) is 0 Å². The Balaban J connectivity index is 0.000000363. The highest BCUT2D eigenvalue weighted by Crippen LogP contribution is 2.32. The van der Waals surface area contributed by atoms with Gasteiger partial charge in [-0.25, -0.2) is 14.4 Å². The van der Waals surface area contributed by atoms with Crippen molar-refractivity contribution < 1.29 is 74.0 Å². The fraction of sp³-hybridized carbons (Fsp3) is 0.667. The van der Waals surface area contributed by atoms with Gasteiger partial charge in [-0.15, -0.1) is 0 Å². The number of hydrogen-bond acceptors (Lipinski definition) is 7. The second-order valence-electron chi connectivity index (χ2n) is 9.70. The van der Waals surface area contributed by atoms with Crippen LogP contribution in [0.1, 0.15) is 30.7 Å². The van der Waals surface area contributed by atoms with E-state index in [1.54, 1.807) is 0 Å². The van der Waals surface area contributed by atoms with Gasteiger partial charge in [0.1, 0.15) is 0 Å². The van der Waals surface area contributed by atoms with E-state index in [0.717, 1.165) is 23.9 Å². The van der Waals surface area contributed by atoms with Crippen LogP contribution in [0.15, 0.2) is 18.2 Å². The number of aryl methyl sites for hydroxylation is 1. The quantitative estimate of drug-likeness (QED) is 0.404. The van der Waals surface area contributed by atoms with E-state index >= 15 is 0 Å². The lowest BCUT2D eigenvalue weighted by atomic mass is 10.1. The Bertz CT molecular complexity index is 1010. The molecule has 0 bridgehead atoms. The fourth-order valence-electron chi connectivity index (χ4n) is 3.90. The summed E-state index contributed by atoms with van der Waals surface area (Å²) in [6, 6.07) is 6.87. The number of pyridine rings is 1. The number of ether oxygens (including phenoxy) is 1. The van der Waals surface area contributed by atoms with Crippen molar-refractivity contribution in [2.24, 2.45) is 5.92 Å². The summed E-state index contributed by atoms with van der Waals surface area (Å²) in [7, 11) is 0. The van der Waals surface area contributed by atoms with Crippen molar-refractivity contribution in [1.29, 1.82) is 0 Å². The van der Waals surface area contributed by atoms with Gasteiger partial charge in [0.05, 0.1) is 18.4 Å². The van der Waals surface area contributed by atoms with Gasteiger partial charge in [0, 0.05) is 44.5 Å². The number of rotatable bonds is 5. The van der Waals surface area contributed by atoms with Crippen molar-refractivity contribution >= 4 is 17.9 Å². The van der Waals surface area contributed by atoms with Crippen molar-refractivity contribution in [3.8, 4) is 0 Å². The molecule has 19 heteroatoms. The van der Waals surface area contributed by atoms with E-state index in [4.69, 9.17) is 34.4 Å². The van der Waals surface area contributed by atoms with Gasteiger partial charge in [-0.1, -0.05) is 6.07 Å². The van der Waals surface area contributed by atoms with Crippen molar-refractivity contribution in [1.82, 2.24) is 14.8 Å². The third-order valence-corrected chi connectivity index (χ3v) is 6.02. The lowest BCUT2D eigenvalue weighted by Gasteiger charge is -2.37. The lowest BCUT2D eigenvalue weighted by Crippen LogP contribution is -2.50. The number of aromatic nitrogens is 1. The van der Waals surface area contributed by atoms with Crippen LogP contribution >= 0.6 is 0 Å². The molecule has 0 spiro atoms. The van der Waals surface area contributed by atoms with E-state index in [0.29, 0.717) is 18.8 Å². The Morgan fingerprint density at radius 1 is 0.860 bits per heavy atom. The van der Waals surface area contributed by atoms with E-state index in [2.05, 4.69) is 26.9 Å². The summed E-state index contributed by atoms with van der Waals surface area (Å²) in [6.45, 7) is 8.85. The summed E-state index contributed by atoms with van der Waals surface area (Å²) < 4.78 is 101. The summed E-state index contributed by atoms with van der Waals surface area (Å²) in [5, 5.41) is 21.4. The highest BCUT2D eigenvalue weighted by Gasteiger charge is 2.40. The number of halogens is 9. The van der Waals surface area contributed by atoms with Crippen LogP contribution in [0, 0.1) is 12.8 Å². The number of aliphatic carboxylic acids is 3. The van der Waals surface area contributed by atoms with Crippen LogP contribution in [0.4, 0.5) is 39.5 Å². The van der Waals surface area contributed by atoms with Crippen LogP contribution < -0.4 is 0 Å². The minimum Gasteiger partial charge on any atom is -0.475 e. The molecule has 3 N–H and O–H groups in total. The zero-order valence-corrected chi connectivity index (χ0v) is 22.5. The number of hydrogen-bond donors (Lipinski definition) is 3. The molecule has 3 aliphatic rings. The molecule has 2 atom stereocenters. The molecule has 246 valence electrons. The molecule has 1 saturated carbocycles. The SMILES string of the molecule is Cc1cccc(COC2CC3CN(CC4CC4)CCN3C2)n1.O=C(O)C(F)(F)F.O=C(O)C(F)(F)F.O=C(O)C(F)(F)F. The van der Waals surface area contributed by atoms with Gasteiger partial charge in [-0.3, -0.25) is 9.88 Å². The summed E-state index contributed by atoms with van der Waals surface area (Å²) in [5.74, 6) is -7.26. The Hall–Kier alpha value is -3.19. The van der Waals surface area contributed by atoms with Crippen LogP contribution in [0.2, 0.25) is 0 Å². The van der Waals surface area contributed by atoms with Crippen LogP contribution in [0.3, 0.4) is 0 Å². The van der Waals surface area contributed by atoms with E-state index in [1.807, 2.05) is 13.0 Å². The van der Waals surface area contributed by atoms with E-state index < -0.39 is 36.4 Å². The number of fused-ring (bicyclic) bond motifs is 1. The maximum Gasteiger partial charge on any atom is 0.490 e. The topological polar surface area (TPSA) is 140 Å². The Morgan fingerprint density at radius 2 is 1.35 bits per heavy atom. The molecule has 4 rings (SSSR count). The molecule has 1 aromatic rings. The van der Waals surface area contributed by atoms with Crippen molar-refractivity contribution in [2.45, 2.75) is 63.5 Å². The predicted octanol–water partition coefficient (Wildman–Crippen LogP) is 3.98. The molecule has 0 amide bonds. The summed E-state index contributed by atoms with van der Waals surface area (Å²) in [5.41, 5.74) is 2.13. The molecular weight excluding hydrogens is 613 g/mol. The first-order valence-corrected chi connectivity index (χ1v) is 12.5. The highest BCUT2D eigenvalue weighted by atomic mass is 19.4. The van der Waals surface area contributed by atoms with E-state index in [-0.39, 0.29) is 0 Å². The molecule has 3 heterocycles. The minimum atomic E-state index is -5.08. The van der Waals surface area contributed by atoms with Gasteiger partial charge in [0.2, 0.25) is 0 Å². The molecule has 2 unspecified atom stereocenters. The Morgan fingerprint density at radius 3 is 1.77 bits per heavy atom. The van der Waals surface area contributed by atoms with Crippen LogP contribution in [0.25, 0.3) is 0 Å². The smallest absolute Gasteiger partial charge is 0.475 e. The first-order chi connectivity index (χ1) is 19.6. The van der Waals surface area contributed by atoms with Gasteiger partial charge in [-0.2, -0.15) is 39.5 Å². The minimum absolute atomic E-state index is 0.383. The molecule has 3 fully saturated rings. The van der Waals surface area contributed by atoms with Gasteiger partial charge >= 0.3 is 36.4 Å². The highest BCUT2D eigenvalue weighted by molar-refractivity contribution is 5.73. The largest absolute Gasteiger partial charge is 0.490 e. The molecular formula is C24H30F9N3O7. The molecule has 10 nitrogen and oxygen atoms in total. The fourth-order valence-corrected chi connectivity index (χ4v) is 3.90. The van der Waals surface area contributed by atoms with Crippen LogP contribution in [-0.2, 0) is 25.7 Å². The molecule has 2 saturated heterocycles. The van der Waals surface area contributed by atoms with Gasteiger partial charge in [0.15, 0.2) is 0 Å². The Kier molecular flexibility index (Phi) is 14.1. The average Bonchev–Trinajstić information content (AvgIpc) is 3.58. The van der Waals surface area contributed by atoms with Crippen molar-refractivity contribution in [3.63, 3.8) is 0 Å². The predicted molar refractivity (Wildman–Crippen MR) is 128 cm³/mol. The van der Waals surface area contributed by atoms with Crippen molar-refractivity contribution in [2.75, 3.05) is 32.7 Å².